The van der Waals surface area contributed by atoms with E-state index in [4.69, 9.17) is 18.9 Å². The molecule has 0 bridgehead atoms. The first-order valence-corrected chi connectivity index (χ1v) is 11.6. The fourth-order valence-corrected chi connectivity index (χ4v) is 3.78. The van der Waals surface area contributed by atoms with Crippen LogP contribution >= 0.6 is 0 Å². The van der Waals surface area contributed by atoms with E-state index < -0.39 is 12.5 Å². The van der Waals surface area contributed by atoms with Gasteiger partial charge in [-0.1, -0.05) is 13.8 Å². The molecule has 0 aromatic carbocycles. The lowest BCUT2D eigenvalue weighted by molar-refractivity contribution is -0.170. The van der Waals surface area contributed by atoms with E-state index in [1.807, 2.05) is 11.8 Å². The molecule has 1 aliphatic carbocycles. The minimum Gasteiger partial charge on any atom is -0.376 e. The van der Waals surface area contributed by atoms with Gasteiger partial charge >= 0.3 is 0 Å². The Hall–Kier alpha value is -0.340. The van der Waals surface area contributed by atoms with Crippen molar-refractivity contribution in [2.75, 3.05) is 39.5 Å². The van der Waals surface area contributed by atoms with Crippen molar-refractivity contribution in [1.29, 1.82) is 0 Å². The summed E-state index contributed by atoms with van der Waals surface area (Å²) in [5.41, 5.74) is -0.116. The van der Waals surface area contributed by atoms with Crippen LogP contribution in [0.4, 0.5) is 8.78 Å². The Kier molecular flexibility index (Phi) is 9.94. The molecule has 0 aromatic heterocycles. The molecule has 1 aliphatic heterocycles. The standard InChI is InChI=1S/C23H43F2NO4/c1-17(2)18(3)28-12-11-27-16-23(24,25)15-26-9-7-19(8-10-26)29-20-13-21(14-20)30-22(4,5)6/h17-21H,7-16H2,1-6H3/t18-,20?,21?/m0/s1. The normalized spacial score (nSPS) is 25.5. The quantitative estimate of drug-likeness (QED) is 0.421. The molecule has 0 N–H and O–H groups in total. The summed E-state index contributed by atoms with van der Waals surface area (Å²) in [6, 6.07) is 0. The van der Waals surface area contributed by atoms with Crippen LogP contribution in [-0.2, 0) is 18.9 Å². The molecule has 0 unspecified atom stereocenters. The number of piperidine rings is 1. The molecule has 0 aromatic rings. The number of hydrogen-bond donors (Lipinski definition) is 0. The lowest BCUT2D eigenvalue weighted by Crippen LogP contribution is -2.48. The second kappa shape index (κ2) is 11.5. The molecule has 2 aliphatic rings. The number of rotatable bonds is 12. The zero-order chi connectivity index (χ0) is 22.4. The zero-order valence-electron chi connectivity index (χ0n) is 19.8. The van der Waals surface area contributed by atoms with E-state index in [1.165, 1.54) is 0 Å². The van der Waals surface area contributed by atoms with Crippen molar-refractivity contribution in [3.8, 4) is 0 Å². The van der Waals surface area contributed by atoms with Crippen LogP contribution in [0.25, 0.3) is 0 Å². The van der Waals surface area contributed by atoms with Gasteiger partial charge in [-0.2, -0.15) is 0 Å². The van der Waals surface area contributed by atoms with Crippen LogP contribution in [0.5, 0.6) is 0 Å². The lowest BCUT2D eigenvalue weighted by atomic mass is 9.90. The fourth-order valence-electron chi connectivity index (χ4n) is 3.78. The Morgan fingerprint density at radius 1 is 0.933 bits per heavy atom. The smallest absolute Gasteiger partial charge is 0.283 e. The third-order valence-corrected chi connectivity index (χ3v) is 5.81. The summed E-state index contributed by atoms with van der Waals surface area (Å²) >= 11 is 0. The van der Waals surface area contributed by atoms with Crippen molar-refractivity contribution in [3.05, 3.63) is 0 Å². The van der Waals surface area contributed by atoms with E-state index in [1.54, 1.807) is 0 Å². The molecule has 1 heterocycles. The molecule has 1 atom stereocenters. The monoisotopic (exact) mass is 435 g/mol. The number of hydrogen-bond acceptors (Lipinski definition) is 5. The molecule has 2 fully saturated rings. The number of halogens is 2. The summed E-state index contributed by atoms with van der Waals surface area (Å²) in [7, 11) is 0. The van der Waals surface area contributed by atoms with Gasteiger partial charge in [0.05, 0.1) is 49.8 Å². The Labute approximate surface area is 181 Å². The number of likely N-dealkylation sites (tertiary alicyclic amines) is 1. The summed E-state index contributed by atoms with van der Waals surface area (Å²) < 4.78 is 51.3. The zero-order valence-corrected chi connectivity index (χ0v) is 19.8. The number of nitrogens with zero attached hydrogens (tertiary/aromatic N) is 1. The van der Waals surface area contributed by atoms with Gasteiger partial charge in [-0.15, -0.1) is 0 Å². The third kappa shape index (κ3) is 9.86. The summed E-state index contributed by atoms with van der Waals surface area (Å²) in [5, 5.41) is 0. The maximum Gasteiger partial charge on any atom is 0.283 e. The highest BCUT2D eigenvalue weighted by Crippen LogP contribution is 2.32. The highest BCUT2D eigenvalue weighted by Gasteiger charge is 2.37. The van der Waals surface area contributed by atoms with Gasteiger partial charge in [0.1, 0.15) is 6.61 Å². The molecule has 7 heteroatoms. The highest BCUT2D eigenvalue weighted by molar-refractivity contribution is 4.86. The van der Waals surface area contributed by atoms with Crippen LogP contribution in [0, 0.1) is 5.92 Å². The van der Waals surface area contributed by atoms with Gasteiger partial charge in [0.15, 0.2) is 0 Å². The first-order chi connectivity index (χ1) is 13.9. The molecule has 5 nitrogen and oxygen atoms in total. The molecule has 0 radical (unpaired) electrons. The van der Waals surface area contributed by atoms with E-state index in [0.29, 0.717) is 25.6 Å². The first kappa shape index (κ1) is 25.9. The van der Waals surface area contributed by atoms with Crippen LogP contribution in [0.2, 0.25) is 0 Å². The average Bonchev–Trinajstić information content (AvgIpc) is 2.59. The number of alkyl halides is 2. The summed E-state index contributed by atoms with van der Waals surface area (Å²) in [5.74, 6) is -2.44. The molecule has 2 rings (SSSR count). The topological polar surface area (TPSA) is 40.2 Å². The van der Waals surface area contributed by atoms with Crippen LogP contribution in [-0.4, -0.2) is 80.3 Å². The Balaban J connectivity index is 1.54. The van der Waals surface area contributed by atoms with Crippen LogP contribution in [0.3, 0.4) is 0 Å². The van der Waals surface area contributed by atoms with E-state index >= 15 is 0 Å². The second-order valence-electron chi connectivity index (χ2n) is 10.3. The van der Waals surface area contributed by atoms with Crippen molar-refractivity contribution < 1.29 is 27.7 Å². The summed E-state index contributed by atoms with van der Waals surface area (Å²) in [6.07, 6.45) is 4.30. The third-order valence-electron chi connectivity index (χ3n) is 5.81. The van der Waals surface area contributed by atoms with Crippen molar-refractivity contribution in [2.24, 2.45) is 5.92 Å². The molecule has 0 spiro atoms. The molecule has 30 heavy (non-hydrogen) atoms. The van der Waals surface area contributed by atoms with Gasteiger partial charge < -0.3 is 18.9 Å². The SMILES string of the molecule is CC(C)[C@H](C)OCCOCC(F)(F)CN1CCC(OC2CC(OC(C)(C)C)C2)CC1. The van der Waals surface area contributed by atoms with E-state index in [0.717, 1.165) is 25.7 Å². The highest BCUT2D eigenvalue weighted by atomic mass is 19.3. The van der Waals surface area contributed by atoms with E-state index in [2.05, 4.69) is 34.6 Å². The van der Waals surface area contributed by atoms with Crippen molar-refractivity contribution in [3.63, 3.8) is 0 Å². The average molecular weight is 436 g/mol. The molecule has 0 amide bonds. The molecule has 1 saturated carbocycles. The number of ether oxygens (including phenoxy) is 4. The van der Waals surface area contributed by atoms with Crippen LogP contribution in [0.15, 0.2) is 0 Å². The van der Waals surface area contributed by atoms with Gasteiger partial charge in [-0.05, 0) is 59.3 Å². The van der Waals surface area contributed by atoms with E-state index in [9.17, 15) is 8.78 Å². The summed E-state index contributed by atoms with van der Waals surface area (Å²) in [4.78, 5) is 1.83. The van der Waals surface area contributed by atoms with Gasteiger partial charge in [0.25, 0.3) is 5.92 Å². The van der Waals surface area contributed by atoms with Crippen molar-refractivity contribution >= 4 is 0 Å². The Morgan fingerprint density at radius 3 is 2.13 bits per heavy atom. The fraction of sp³-hybridized carbons (Fsp3) is 1.00. The maximum absolute atomic E-state index is 14.2. The van der Waals surface area contributed by atoms with E-state index in [-0.39, 0.29) is 43.2 Å². The Morgan fingerprint density at radius 2 is 1.57 bits per heavy atom. The van der Waals surface area contributed by atoms with Gasteiger partial charge in [-0.25, -0.2) is 8.78 Å². The minimum absolute atomic E-state index is 0.106. The molecular formula is C23H43F2NO4. The first-order valence-electron chi connectivity index (χ1n) is 11.6. The van der Waals surface area contributed by atoms with Gasteiger partial charge in [0.2, 0.25) is 0 Å². The van der Waals surface area contributed by atoms with Crippen molar-refractivity contribution in [2.45, 2.75) is 103 Å². The second-order valence-corrected chi connectivity index (χ2v) is 10.3. The Bertz CT molecular complexity index is 484. The maximum atomic E-state index is 14.2. The summed E-state index contributed by atoms with van der Waals surface area (Å²) in [6.45, 7) is 13.3. The molecule has 178 valence electrons. The minimum atomic E-state index is -2.84. The molecule has 1 saturated heterocycles. The van der Waals surface area contributed by atoms with Crippen LogP contribution < -0.4 is 0 Å². The largest absolute Gasteiger partial charge is 0.376 e. The van der Waals surface area contributed by atoms with Gasteiger partial charge in [0, 0.05) is 13.1 Å². The lowest BCUT2D eigenvalue weighted by Gasteiger charge is -2.42. The van der Waals surface area contributed by atoms with Gasteiger partial charge in [-0.3, -0.25) is 4.90 Å². The predicted molar refractivity (Wildman–Crippen MR) is 114 cm³/mol. The predicted octanol–water partition coefficient (Wildman–Crippen LogP) is 4.53. The van der Waals surface area contributed by atoms with Crippen molar-refractivity contribution in [1.82, 2.24) is 4.90 Å². The van der Waals surface area contributed by atoms with Crippen LogP contribution in [0.1, 0.15) is 67.2 Å². The molecular weight excluding hydrogens is 392 g/mol.